The standard InChI is InChI=1S/C10H23NO/c1-5-11(6-2)8-10(12)7-9(3)4/h9-10,12H,5-8H2,1-4H3. The van der Waals surface area contributed by atoms with E-state index in [1.54, 1.807) is 0 Å². The van der Waals surface area contributed by atoms with E-state index in [0.29, 0.717) is 5.92 Å². The van der Waals surface area contributed by atoms with Crippen molar-refractivity contribution in [3.63, 3.8) is 0 Å². The molecule has 0 aromatic rings. The van der Waals surface area contributed by atoms with Crippen molar-refractivity contribution in [3.8, 4) is 0 Å². The van der Waals surface area contributed by atoms with Gasteiger partial charge in [0.25, 0.3) is 0 Å². The zero-order valence-electron chi connectivity index (χ0n) is 8.88. The van der Waals surface area contributed by atoms with Gasteiger partial charge in [0, 0.05) is 6.54 Å². The minimum Gasteiger partial charge on any atom is -0.392 e. The molecule has 0 spiro atoms. The molecule has 0 aliphatic rings. The Morgan fingerprint density at radius 1 is 1.17 bits per heavy atom. The summed E-state index contributed by atoms with van der Waals surface area (Å²) in [5, 5.41) is 9.61. The highest BCUT2D eigenvalue weighted by Gasteiger charge is 2.09. The van der Waals surface area contributed by atoms with E-state index in [-0.39, 0.29) is 6.10 Å². The van der Waals surface area contributed by atoms with E-state index >= 15 is 0 Å². The van der Waals surface area contributed by atoms with Crippen molar-refractivity contribution >= 4 is 0 Å². The maximum atomic E-state index is 9.61. The van der Waals surface area contributed by atoms with E-state index in [1.807, 2.05) is 0 Å². The third-order valence-electron chi connectivity index (χ3n) is 2.11. The first kappa shape index (κ1) is 11.9. The smallest absolute Gasteiger partial charge is 0.0669 e. The predicted octanol–water partition coefficient (Wildman–Crippen LogP) is 1.74. The van der Waals surface area contributed by atoms with Crippen molar-refractivity contribution in [2.45, 2.75) is 40.2 Å². The first-order valence-electron chi connectivity index (χ1n) is 5.00. The Hall–Kier alpha value is -0.0800. The molecule has 12 heavy (non-hydrogen) atoms. The van der Waals surface area contributed by atoms with Crippen molar-refractivity contribution in [3.05, 3.63) is 0 Å². The molecule has 0 amide bonds. The van der Waals surface area contributed by atoms with Gasteiger partial charge in [-0.1, -0.05) is 27.7 Å². The van der Waals surface area contributed by atoms with Gasteiger partial charge in [-0.2, -0.15) is 0 Å². The molecule has 0 heterocycles. The molecule has 0 aromatic carbocycles. The number of aliphatic hydroxyl groups excluding tert-OH is 1. The van der Waals surface area contributed by atoms with E-state index < -0.39 is 0 Å². The molecular weight excluding hydrogens is 150 g/mol. The Kier molecular flexibility index (Phi) is 6.39. The Balaban J connectivity index is 3.58. The molecule has 2 nitrogen and oxygen atoms in total. The average molecular weight is 173 g/mol. The Labute approximate surface area is 76.6 Å². The van der Waals surface area contributed by atoms with Crippen LogP contribution in [-0.4, -0.2) is 35.7 Å². The lowest BCUT2D eigenvalue weighted by Gasteiger charge is -2.22. The van der Waals surface area contributed by atoms with Gasteiger partial charge >= 0.3 is 0 Å². The molecule has 1 unspecified atom stereocenters. The molecule has 0 aliphatic heterocycles. The van der Waals surface area contributed by atoms with Crippen molar-refractivity contribution in [1.29, 1.82) is 0 Å². The van der Waals surface area contributed by atoms with Crippen molar-refractivity contribution in [2.75, 3.05) is 19.6 Å². The zero-order valence-corrected chi connectivity index (χ0v) is 8.88. The number of hydrogen-bond acceptors (Lipinski definition) is 2. The highest BCUT2D eigenvalue weighted by Crippen LogP contribution is 2.05. The maximum Gasteiger partial charge on any atom is 0.0669 e. The minimum atomic E-state index is -0.148. The van der Waals surface area contributed by atoms with Gasteiger partial charge in [-0.15, -0.1) is 0 Å². The number of nitrogens with zero attached hydrogens (tertiary/aromatic N) is 1. The fourth-order valence-electron chi connectivity index (χ4n) is 1.40. The molecule has 0 aliphatic carbocycles. The van der Waals surface area contributed by atoms with Gasteiger partial charge in [0.1, 0.15) is 0 Å². The second-order valence-corrected chi connectivity index (χ2v) is 3.77. The minimum absolute atomic E-state index is 0.148. The van der Waals surface area contributed by atoms with Crippen LogP contribution >= 0.6 is 0 Å². The summed E-state index contributed by atoms with van der Waals surface area (Å²) in [5.74, 6) is 0.593. The topological polar surface area (TPSA) is 23.5 Å². The van der Waals surface area contributed by atoms with Crippen LogP contribution in [0.3, 0.4) is 0 Å². The molecular formula is C10H23NO. The van der Waals surface area contributed by atoms with Crippen LogP contribution in [0.1, 0.15) is 34.1 Å². The second-order valence-electron chi connectivity index (χ2n) is 3.77. The molecule has 0 aromatic heterocycles. The van der Waals surface area contributed by atoms with Crippen LogP contribution in [-0.2, 0) is 0 Å². The summed E-state index contributed by atoms with van der Waals surface area (Å²) >= 11 is 0. The molecule has 0 fully saturated rings. The third-order valence-corrected chi connectivity index (χ3v) is 2.11. The zero-order chi connectivity index (χ0) is 9.56. The van der Waals surface area contributed by atoms with Crippen LogP contribution in [0.4, 0.5) is 0 Å². The van der Waals surface area contributed by atoms with Crippen molar-refractivity contribution in [2.24, 2.45) is 5.92 Å². The molecule has 0 radical (unpaired) electrons. The third kappa shape index (κ3) is 5.56. The summed E-state index contributed by atoms with van der Waals surface area (Å²) in [6.45, 7) is 11.4. The monoisotopic (exact) mass is 173 g/mol. The van der Waals surface area contributed by atoms with Crippen LogP contribution in [0.5, 0.6) is 0 Å². The van der Waals surface area contributed by atoms with Crippen LogP contribution in [0.2, 0.25) is 0 Å². The molecule has 0 saturated heterocycles. The van der Waals surface area contributed by atoms with Gasteiger partial charge in [0.2, 0.25) is 0 Å². The lowest BCUT2D eigenvalue weighted by Crippen LogP contribution is -2.32. The molecule has 0 bridgehead atoms. The predicted molar refractivity (Wildman–Crippen MR) is 53.2 cm³/mol. The largest absolute Gasteiger partial charge is 0.392 e. The summed E-state index contributed by atoms with van der Waals surface area (Å²) in [6.07, 6.45) is 0.765. The van der Waals surface area contributed by atoms with Crippen LogP contribution < -0.4 is 0 Å². The van der Waals surface area contributed by atoms with E-state index in [4.69, 9.17) is 0 Å². The second kappa shape index (κ2) is 6.44. The Morgan fingerprint density at radius 2 is 1.67 bits per heavy atom. The van der Waals surface area contributed by atoms with Gasteiger partial charge < -0.3 is 10.0 Å². The number of hydrogen-bond donors (Lipinski definition) is 1. The first-order chi connectivity index (χ1) is 5.60. The van der Waals surface area contributed by atoms with E-state index in [1.165, 1.54) is 0 Å². The highest BCUT2D eigenvalue weighted by atomic mass is 16.3. The summed E-state index contributed by atoms with van der Waals surface area (Å²) in [7, 11) is 0. The van der Waals surface area contributed by atoms with Gasteiger partial charge in [0.05, 0.1) is 6.10 Å². The quantitative estimate of drug-likeness (QED) is 0.661. The highest BCUT2D eigenvalue weighted by molar-refractivity contribution is 4.63. The molecule has 0 saturated carbocycles. The normalized spacial score (nSPS) is 14.2. The Bertz CT molecular complexity index is 100. The number of aliphatic hydroxyl groups is 1. The van der Waals surface area contributed by atoms with Crippen molar-refractivity contribution in [1.82, 2.24) is 4.90 Å². The van der Waals surface area contributed by atoms with E-state index in [2.05, 4.69) is 32.6 Å². The van der Waals surface area contributed by atoms with Gasteiger partial charge in [-0.25, -0.2) is 0 Å². The number of likely N-dealkylation sites (N-methyl/N-ethyl adjacent to an activating group) is 1. The lowest BCUT2D eigenvalue weighted by molar-refractivity contribution is 0.0996. The van der Waals surface area contributed by atoms with Crippen LogP contribution in [0.25, 0.3) is 0 Å². The van der Waals surface area contributed by atoms with Gasteiger partial charge in [0.15, 0.2) is 0 Å². The summed E-state index contributed by atoms with van der Waals surface area (Å²) < 4.78 is 0. The molecule has 74 valence electrons. The first-order valence-corrected chi connectivity index (χ1v) is 5.00. The lowest BCUT2D eigenvalue weighted by atomic mass is 10.1. The molecule has 0 rings (SSSR count). The van der Waals surface area contributed by atoms with E-state index in [0.717, 1.165) is 26.1 Å². The Morgan fingerprint density at radius 3 is 2.00 bits per heavy atom. The van der Waals surface area contributed by atoms with Crippen LogP contribution in [0.15, 0.2) is 0 Å². The fraction of sp³-hybridized carbons (Fsp3) is 1.00. The van der Waals surface area contributed by atoms with Crippen molar-refractivity contribution < 1.29 is 5.11 Å². The average Bonchev–Trinajstić information content (AvgIpc) is 1.98. The molecule has 2 heteroatoms. The van der Waals surface area contributed by atoms with Gasteiger partial charge in [-0.3, -0.25) is 0 Å². The fourth-order valence-corrected chi connectivity index (χ4v) is 1.40. The van der Waals surface area contributed by atoms with Gasteiger partial charge in [-0.05, 0) is 25.4 Å². The summed E-state index contributed by atoms with van der Waals surface area (Å²) in [4.78, 5) is 2.26. The summed E-state index contributed by atoms with van der Waals surface area (Å²) in [5.41, 5.74) is 0. The van der Waals surface area contributed by atoms with E-state index in [9.17, 15) is 5.11 Å². The maximum absolute atomic E-state index is 9.61. The summed E-state index contributed by atoms with van der Waals surface area (Å²) in [6, 6.07) is 0. The SMILES string of the molecule is CCN(CC)CC(O)CC(C)C. The van der Waals surface area contributed by atoms with Crippen LogP contribution in [0, 0.1) is 5.92 Å². The molecule has 1 N–H and O–H groups in total. The molecule has 1 atom stereocenters. The number of rotatable bonds is 6.